The van der Waals surface area contributed by atoms with Crippen LogP contribution in [0, 0.1) is 11.3 Å². The Morgan fingerprint density at radius 1 is 1.05 bits per heavy atom. The van der Waals surface area contributed by atoms with E-state index in [1.54, 1.807) is 0 Å². The van der Waals surface area contributed by atoms with Crippen LogP contribution in [0.2, 0.25) is 0 Å². The number of hydrogen-bond donors (Lipinski definition) is 1. The molecule has 1 fully saturated rings. The molecule has 2 aromatic carbocycles. The van der Waals surface area contributed by atoms with Gasteiger partial charge in [-0.15, -0.1) is 0 Å². The lowest BCUT2D eigenvalue weighted by atomic mass is 9.67. The first-order chi connectivity index (χ1) is 9.72. The van der Waals surface area contributed by atoms with Crippen molar-refractivity contribution in [3.63, 3.8) is 0 Å². The van der Waals surface area contributed by atoms with E-state index in [9.17, 15) is 0 Å². The number of benzene rings is 2. The molecule has 0 amide bonds. The Balaban J connectivity index is 1.91. The first-order valence-electron chi connectivity index (χ1n) is 7.89. The molecule has 0 aromatic heterocycles. The second kappa shape index (κ2) is 5.57. The minimum atomic E-state index is 0.330. The van der Waals surface area contributed by atoms with Crippen LogP contribution < -0.4 is 5.73 Å². The molecule has 1 heteroatoms. The summed E-state index contributed by atoms with van der Waals surface area (Å²) in [6.07, 6.45) is 6.38. The van der Waals surface area contributed by atoms with E-state index >= 15 is 0 Å². The van der Waals surface area contributed by atoms with Gasteiger partial charge in [0.15, 0.2) is 0 Å². The van der Waals surface area contributed by atoms with Gasteiger partial charge in [0.1, 0.15) is 0 Å². The maximum absolute atomic E-state index is 6.18. The standard InChI is InChI=1S/C19H25N/c1-15-9-11-19(14-20,12-10-15)13-17-7-4-6-16-5-2-3-8-18(16)17/h2-8,15H,9-14,20H2,1H3. The summed E-state index contributed by atoms with van der Waals surface area (Å²) in [5.41, 5.74) is 7.98. The molecule has 0 radical (unpaired) electrons. The largest absolute Gasteiger partial charge is 0.330 e. The van der Waals surface area contributed by atoms with Gasteiger partial charge >= 0.3 is 0 Å². The summed E-state index contributed by atoms with van der Waals surface area (Å²) in [6.45, 7) is 3.20. The molecule has 2 N–H and O–H groups in total. The Morgan fingerprint density at radius 2 is 1.75 bits per heavy atom. The lowest BCUT2D eigenvalue weighted by Gasteiger charge is -2.39. The Hall–Kier alpha value is -1.34. The molecule has 1 nitrogen and oxygen atoms in total. The zero-order valence-electron chi connectivity index (χ0n) is 12.4. The smallest absolute Gasteiger partial charge is 0.00173 e. The first-order valence-corrected chi connectivity index (χ1v) is 7.89. The van der Waals surface area contributed by atoms with Crippen LogP contribution in [0.25, 0.3) is 10.8 Å². The van der Waals surface area contributed by atoms with Crippen molar-refractivity contribution in [1.29, 1.82) is 0 Å². The van der Waals surface area contributed by atoms with Gasteiger partial charge in [0, 0.05) is 0 Å². The third kappa shape index (κ3) is 2.60. The van der Waals surface area contributed by atoms with Crippen molar-refractivity contribution < 1.29 is 0 Å². The highest BCUT2D eigenvalue weighted by Gasteiger charge is 2.33. The van der Waals surface area contributed by atoms with Gasteiger partial charge in [-0.1, -0.05) is 62.2 Å². The van der Waals surface area contributed by atoms with Crippen LogP contribution in [-0.2, 0) is 6.42 Å². The molecular weight excluding hydrogens is 242 g/mol. The van der Waals surface area contributed by atoms with Crippen molar-refractivity contribution >= 4 is 10.8 Å². The lowest BCUT2D eigenvalue weighted by Crippen LogP contribution is -2.36. The average Bonchev–Trinajstić information content (AvgIpc) is 2.50. The minimum Gasteiger partial charge on any atom is -0.330 e. The van der Waals surface area contributed by atoms with Crippen molar-refractivity contribution in [3.05, 3.63) is 48.0 Å². The third-order valence-corrected chi connectivity index (χ3v) is 5.21. The van der Waals surface area contributed by atoms with Crippen LogP contribution in [0.15, 0.2) is 42.5 Å². The molecule has 0 bridgehead atoms. The monoisotopic (exact) mass is 267 g/mol. The van der Waals surface area contributed by atoms with E-state index in [2.05, 4.69) is 49.4 Å². The van der Waals surface area contributed by atoms with E-state index < -0.39 is 0 Å². The minimum absolute atomic E-state index is 0.330. The summed E-state index contributed by atoms with van der Waals surface area (Å²) in [6, 6.07) is 15.4. The molecule has 1 saturated carbocycles. The van der Waals surface area contributed by atoms with Gasteiger partial charge in [-0.25, -0.2) is 0 Å². The molecule has 0 spiro atoms. The molecule has 20 heavy (non-hydrogen) atoms. The van der Waals surface area contributed by atoms with Crippen molar-refractivity contribution in [3.8, 4) is 0 Å². The predicted octanol–water partition coefficient (Wildman–Crippen LogP) is 4.54. The van der Waals surface area contributed by atoms with E-state index in [4.69, 9.17) is 5.73 Å². The van der Waals surface area contributed by atoms with Gasteiger partial charge in [0.25, 0.3) is 0 Å². The normalized spacial score (nSPS) is 26.8. The van der Waals surface area contributed by atoms with Crippen LogP contribution >= 0.6 is 0 Å². The molecule has 3 rings (SSSR count). The fourth-order valence-electron chi connectivity index (χ4n) is 3.68. The fourth-order valence-corrected chi connectivity index (χ4v) is 3.68. The van der Waals surface area contributed by atoms with Gasteiger partial charge in [-0.05, 0) is 53.5 Å². The maximum Gasteiger partial charge on any atom is -0.00173 e. The molecular formula is C19H25N. The number of nitrogens with two attached hydrogens (primary N) is 1. The lowest BCUT2D eigenvalue weighted by molar-refractivity contribution is 0.163. The van der Waals surface area contributed by atoms with Crippen LogP contribution in [0.1, 0.15) is 38.2 Å². The molecule has 0 saturated heterocycles. The highest BCUT2D eigenvalue weighted by Crippen LogP contribution is 2.41. The Kier molecular flexibility index (Phi) is 3.80. The summed E-state index contributed by atoms with van der Waals surface area (Å²) in [7, 11) is 0. The van der Waals surface area contributed by atoms with Gasteiger partial charge in [-0.3, -0.25) is 0 Å². The van der Waals surface area contributed by atoms with E-state index in [1.807, 2.05) is 0 Å². The van der Waals surface area contributed by atoms with Crippen LogP contribution in [0.3, 0.4) is 0 Å². The van der Waals surface area contributed by atoms with Crippen LogP contribution in [0.4, 0.5) is 0 Å². The SMILES string of the molecule is CC1CCC(CN)(Cc2cccc3ccccc23)CC1. The summed E-state index contributed by atoms with van der Waals surface area (Å²) < 4.78 is 0. The Bertz CT molecular complexity index is 574. The predicted molar refractivity (Wildman–Crippen MR) is 86.8 cm³/mol. The van der Waals surface area contributed by atoms with E-state index in [0.29, 0.717) is 5.41 Å². The average molecular weight is 267 g/mol. The van der Waals surface area contributed by atoms with Gasteiger partial charge in [0.2, 0.25) is 0 Å². The highest BCUT2D eigenvalue weighted by atomic mass is 14.6. The van der Waals surface area contributed by atoms with Crippen LogP contribution in [0.5, 0.6) is 0 Å². The van der Waals surface area contributed by atoms with Crippen molar-refractivity contribution in [2.24, 2.45) is 17.1 Å². The van der Waals surface area contributed by atoms with E-state index in [1.165, 1.54) is 42.0 Å². The van der Waals surface area contributed by atoms with Crippen LogP contribution in [-0.4, -0.2) is 6.54 Å². The number of rotatable bonds is 3. The Labute approximate surface area is 122 Å². The summed E-state index contributed by atoms with van der Waals surface area (Å²) in [5.74, 6) is 0.877. The molecule has 0 aliphatic heterocycles. The van der Waals surface area contributed by atoms with Crippen molar-refractivity contribution in [1.82, 2.24) is 0 Å². The second-order valence-electron chi connectivity index (χ2n) is 6.70. The summed E-state index contributed by atoms with van der Waals surface area (Å²) in [5, 5.41) is 2.75. The fraction of sp³-hybridized carbons (Fsp3) is 0.474. The van der Waals surface area contributed by atoms with Crippen molar-refractivity contribution in [2.45, 2.75) is 39.0 Å². The van der Waals surface area contributed by atoms with Crippen molar-refractivity contribution in [2.75, 3.05) is 6.54 Å². The maximum atomic E-state index is 6.18. The molecule has 1 aliphatic carbocycles. The number of hydrogen-bond acceptors (Lipinski definition) is 1. The van der Waals surface area contributed by atoms with Gasteiger partial charge < -0.3 is 5.73 Å². The topological polar surface area (TPSA) is 26.0 Å². The second-order valence-corrected chi connectivity index (χ2v) is 6.70. The zero-order valence-corrected chi connectivity index (χ0v) is 12.4. The Morgan fingerprint density at radius 3 is 2.50 bits per heavy atom. The van der Waals surface area contributed by atoms with Gasteiger partial charge in [-0.2, -0.15) is 0 Å². The number of fused-ring (bicyclic) bond motifs is 1. The summed E-state index contributed by atoms with van der Waals surface area (Å²) in [4.78, 5) is 0. The van der Waals surface area contributed by atoms with E-state index in [-0.39, 0.29) is 0 Å². The molecule has 0 unspecified atom stereocenters. The quantitative estimate of drug-likeness (QED) is 0.868. The zero-order chi connectivity index (χ0) is 14.0. The first kappa shape index (κ1) is 13.6. The molecule has 106 valence electrons. The molecule has 1 aliphatic rings. The third-order valence-electron chi connectivity index (χ3n) is 5.21. The highest BCUT2D eigenvalue weighted by molar-refractivity contribution is 5.85. The summed E-state index contributed by atoms with van der Waals surface area (Å²) >= 11 is 0. The molecule has 2 aromatic rings. The van der Waals surface area contributed by atoms with E-state index in [0.717, 1.165) is 18.9 Å². The molecule has 0 heterocycles. The molecule has 0 atom stereocenters. The van der Waals surface area contributed by atoms with Gasteiger partial charge in [0.05, 0.1) is 0 Å².